The van der Waals surface area contributed by atoms with Crippen molar-refractivity contribution < 1.29 is 4.39 Å². The molecule has 1 aromatic carbocycles. The van der Waals surface area contributed by atoms with Crippen molar-refractivity contribution in [2.24, 2.45) is 0 Å². The minimum atomic E-state index is -0.235. The molecule has 0 spiro atoms. The molecule has 0 bridgehead atoms. The number of nitrogens with zero attached hydrogens (tertiary/aromatic N) is 2. The predicted molar refractivity (Wildman–Crippen MR) is 68.1 cm³/mol. The molecule has 0 radical (unpaired) electrons. The average Bonchev–Trinajstić information content (AvgIpc) is 2.49. The van der Waals surface area contributed by atoms with E-state index < -0.39 is 0 Å². The molecule has 0 fully saturated rings. The Balaban J connectivity index is 2.24. The van der Waals surface area contributed by atoms with Gasteiger partial charge in [-0.05, 0) is 52.4 Å². The molecular formula is C10H7BrFIN2. The molecule has 78 valence electrons. The highest BCUT2D eigenvalue weighted by atomic mass is 127. The van der Waals surface area contributed by atoms with E-state index in [2.05, 4.69) is 43.6 Å². The van der Waals surface area contributed by atoms with Crippen molar-refractivity contribution in [3.8, 4) is 0 Å². The zero-order chi connectivity index (χ0) is 10.8. The molecule has 1 aromatic heterocycles. The Morgan fingerprint density at radius 2 is 2.20 bits per heavy atom. The fourth-order valence-corrected chi connectivity index (χ4v) is 2.26. The van der Waals surface area contributed by atoms with Gasteiger partial charge in [0.25, 0.3) is 0 Å². The molecule has 2 nitrogen and oxygen atoms in total. The van der Waals surface area contributed by atoms with Crippen LogP contribution in [0.15, 0.2) is 34.9 Å². The summed E-state index contributed by atoms with van der Waals surface area (Å²) in [5.74, 6) is -0.235. The molecular weight excluding hydrogens is 374 g/mol. The van der Waals surface area contributed by atoms with Crippen LogP contribution in [0.2, 0.25) is 0 Å². The van der Waals surface area contributed by atoms with Crippen molar-refractivity contribution in [2.45, 2.75) is 6.54 Å². The summed E-state index contributed by atoms with van der Waals surface area (Å²) in [7, 11) is 0. The van der Waals surface area contributed by atoms with Crippen LogP contribution in [0, 0.1) is 9.52 Å². The van der Waals surface area contributed by atoms with Crippen molar-refractivity contribution in [3.63, 3.8) is 0 Å². The highest BCUT2D eigenvalue weighted by Crippen LogP contribution is 2.15. The van der Waals surface area contributed by atoms with Crippen LogP contribution >= 0.6 is 38.5 Å². The molecule has 0 aliphatic rings. The van der Waals surface area contributed by atoms with Crippen molar-refractivity contribution in [2.75, 3.05) is 0 Å². The Labute approximate surface area is 109 Å². The minimum Gasteiger partial charge on any atom is -0.267 e. The van der Waals surface area contributed by atoms with Crippen LogP contribution in [0.5, 0.6) is 0 Å². The van der Waals surface area contributed by atoms with Gasteiger partial charge in [0.1, 0.15) is 9.52 Å². The van der Waals surface area contributed by atoms with Crippen molar-refractivity contribution in [3.05, 3.63) is 50.0 Å². The van der Waals surface area contributed by atoms with Crippen molar-refractivity contribution in [1.82, 2.24) is 9.78 Å². The second-order valence-corrected chi connectivity index (χ2v) is 5.13. The molecule has 2 rings (SSSR count). The number of hydrogen-bond acceptors (Lipinski definition) is 1. The van der Waals surface area contributed by atoms with Gasteiger partial charge in [-0.15, -0.1) is 0 Å². The summed E-state index contributed by atoms with van der Waals surface area (Å²) >= 11 is 5.40. The molecule has 0 saturated carbocycles. The van der Waals surface area contributed by atoms with Gasteiger partial charge in [-0.25, -0.2) is 4.39 Å². The molecule has 15 heavy (non-hydrogen) atoms. The molecule has 5 heteroatoms. The summed E-state index contributed by atoms with van der Waals surface area (Å²) in [4.78, 5) is 0. The van der Waals surface area contributed by atoms with Crippen molar-refractivity contribution in [1.29, 1.82) is 0 Å². The Morgan fingerprint density at radius 3 is 2.80 bits per heavy atom. The molecule has 0 unspecified atom stereocenters. The number of hydrogen-bond donors (Lipinski definition) is 0. The first kappa shape index (κ1) is 11.1. The summed E-state index contributed by atoms with van der Waals surface area (Å²) < 4.78 is 16.5. The van der Waals surface area contributed by atoms with E-state index in [4.69, 9.17) is 0 Å². The molecule has 0 atom stereocenters. The van der Waals surface area contributed by atoms with Crippen LogP contribution in [0.1, 0.15) is 5.56 Å². The molecule has 0 N–H and O–H groups in total. The lowest BCUT2D eigenvalue weighted by molar-refractivity contribution is 0.617. The van der Waals surface area contributed by atoms with Crippen LogP contribution in [-0.2, 0) is 6.54 Å². The van der Waals surface area contributed by atoms with Gasteiger partial charge in [-0.1, -0.05) is 15.9 Å². The summed E-state index contributed by atoms with van der Waals surface area (Å²) in [5.41, 5.74) is 0.890. The summed E-state index contributed by atoms with van der Waals surface area (Å²) in [6.07, 6.45) is 1.88. The van der Waals surface area contributed by atoms with Gasteiger partial charge in [0.2, 0.25) is 0 Å². The van der Waals surface area contributed by atoms with Gasteiger partial charge in [0.15, 0.2) is 0 Å². The fourth-order valence-electron chi connectivity index (χ4n) is 1.31. The zero-order valence-electron chi connectivity index (χ0n) is 7.62. The average molecular weight is 381 g/mol. The van der Waals surface area contributed by atoms with Gasteiger partial charge in [0, 0.05) is 10.7 Å². The van der Waals surface area contributed by atoms with Crippen LogP contribution in [0.4, 0.5) is 4.39 Å². The Kier molecular flexibility index (Phi) is 3.40. The Hall–Kier alpha value is -0.430. The monoisotopic (exact) mass is 380 g/mol. The largest absolute Gasteiger partial charge is 0.267 e. The predicted octanol–water partition coefficient (Wildman–Crippen LogP) is 3.44. The van der Waals surface area contributed by atoms with Crippen LogP contribution < -0.4 is 0 Å². The molecule has 2 aromatic rings. The second kappa shape index (κ2) is 4.61. The maximum absolute atomic E-state index is 13.1. The van der Waals surface area contributed by atoms with E-state index in [-0.39, 0.29) is 5.82 Å². The first-order valence-corrected chi connectivity index (χ1v) is 6.14. The highest BCUT2D eigenvalue weighted by molar-refractivity contribution is 14.1. The van der Waals surface area contributed by atoms with E-state index in [0.29, 0.717) is 6.54 Å². The third kappa shape index (κ3) is 3.01. The first-order chi connectivity index (χ1) is 7.13. The topological polar surface area (TPSA) is 17.8 Å². The van der Waals surface area contributed by atoms with E-state index in [1.54, 1.807) is 4.68 Å². The van der Waals surface area contributed by atoms with E-state index in [0.717, 1.165) is 13.7 Å². The molecule has 0 amide bonds. The smallest absolute Gasteiger partial charge is 0.124 e. The Morgan fingerprint density at radius 1 is 1.40 bits per heavy atom. The number of benzene rings is 1. The quantitative estimate of drug-likeness (QED) is 0.730. The highest BCUT2D eigenvalue weighted by Gasteiger charge is 2.01. The number of halogens is 3. The lowest BCUT2D eigenvalue weighted by Crippen LogP contribution is -2.00. The third-order valence-corrected chi connectivity index (χ3v) is 2.91. The second-order valence-electron chi connectivity index (χ2n) is 3.11. The van der Waals surface area contributed by atoms with E-state index in [9.17, 15) is 4.39 Å². The van der Waals surface area contributed by atoms with Gasteiger partial charge in [0.05, 0.1) is 6.54 Å². The van der Waals surface area contributed by atoms with Gasteiger partial charge >= 0.3 is 0 Å². The first-order valence-electron chi connectivity index (χ1n) is 4.27. The van der Waals surface area contributed by atoms with Crippen LogP contribution in [-0.4, -0.2) is 9.78 Å². The van der Waals surface area contributed by atoms with E-state index in [1.165, 1.54) is 12.1 Å². The van der Waals surface area contributed by atoms with Crippen LogP contribution in [0.25, 0.3) is 0 Å². The van der Waals surface area contributed by atoms with Crippen LogP contribution in [0.3, 0.4) is 0 Å². The summed E-state index contributed by atoms with van der Waals surface area (Å²) in [6.45, 7) is 0.583. The van der Waals surface area contributed by atoms with E-state index in [1.807, 2.05) is 18.3 Å². The maximum atomic E-state index is 13.1. The lowest BCUT2D eigenvalue weighted by atomic mass is 10.2. The minimum absolute atomic E-state index is 0.235. The maximum Gasteiger partial charge on any atom is 0.124 e. The van der Waals surface area contributed by atoms with Gasteiger partial charge in [-0.3, -0.25) is 4.68 Å². The standard InChI is InChI=1S/C10H7BrFIN2/c11-8-3-7(4-9(12)5-8)6-15-2-1-10(13)14-15/h1-5H,6H2. The number of aromatic nitrogens is 2. The SMILES string of the molecule is Fc1cc(Br)cc(Cn2ccc(I)n2)c1. The zero-order valence-corrected chi connectivity index (χ0v) is 11.4. The lowest BCUT2D eigenvalue weighted by Gasteiger charge is -2.02. The van der Waals surface area contributed by atoms with Crippen molar-refractivity contribution >= 4 is 38.5 Å². The molecule has 0 saturated heterocycles. The number of rotatable bonds is 2. The molecule has 0 aliphatic heterocycles. The van der Waals surface area contributed by atoms with Gasteiger partial charge in [-0.2, -0.15) is 5.10 Å². The normalized spacial score (nSPS) is 10.6. The summed E-state index contributed by atoms with van der Waals surface area (Å²) in [5, 5.41) is 4.23. The molecule has 0 aliphatic carbocycles. The molecule has 1 heterocycles. The fraction of sp³-hybridized carbons (Fsp3) is 0.100. The van der Waals surface area contributed by atoms with Gasteiger partial charge < -0.3 is 0 Å². The Bertz CT molecular complexity index is 464. The summed E-state index contributed by atoms with van der Waals surface area (Å²) in [6, 6.07) is 6.75. The van der Waals surface area contributed by atoms with E-state index >= 15 is 0 Å². The third-order valence-electron chi connectivity index (χ3n) is 1.88.